The van der Waals surface area contributed by atoms with Crippen LogP contribution in [0.2, 0.25) is 0 Å². The molecule has 0 saturated heterocycles. The van der Waals surface area contributed by atoms with Crippen LogP contribution >= 0.6 is 0 Å². The van der Waals surface area contributed by atoms with E-state index in [0.29, 0.717) is 30.4 Å². The van der Waals surface area contributed by atoms with Crippen molar-refractivity contribution in [2.75, 3.05) is 13.2 Å². The van der Waals surface area contributed by atoms with Crippen molar-refractivity contribution in [3.05, 3.63) is 29.3 Å². The summed E-state index contributed by atoms with van der Waals surface area (Å²) in [6.07, 6.45) is 5.31. The number of benzene rings is 1. The smallest absolute Gasteiger partial charge is 0.255 e. The molecule has 0 aromatic heterocycles. The molecule has 3 rings (SSSR count). The van der Waals surface area contributed by atoms with Crippen LogP contribution in [0.15, 0.2) is 18.2 Å². The first-order valence-corrected chi connectivity index (χ1v) is 7.49. The van der Waals surface area contributed by atoms with Crippen LogP contribution in [0, 0.1) is 5.92 Å². The number of nitrogens with one attached hydrogen (secondary N) is 1. The molecule has 1 heterocycles. The van der Waals surface area contributed by atoms with E-state index in [2.05, 4.69) is 5.32 Å². The van der Waals surface area contributed by atoms with Crippen molar-refractivity contribution in [2.24, 2.45) is 5.92 Å². The van der Waals surface area contributed by atoms with E-state index in [0.717, 1.165) is 18.4 Å². The molecule has 1 fully saturated rings. The van der Waals surface area contributed by atoms with Gasteiger partial charge in [0.2, 0.25) is 0 Å². The topological polar surface area (TPSA) is 58.6 Å². The van der Waals surface area contributed by atoms with Gasteiger partial charge in [0, 0.05) is 0 Å². The Morgan fingerprint density at radius 2 is 2.05 bits per heavy atom. The number of amides is 1. The van der Waals surface area contributed by atoms with Crippen molar-refractivity contribution in [2.45, 2.75) is 38.2 Å². The monoisotopic (exact) mass is 275 g/mol. The molecule has 1 unspecified atom stereocenters. The van der Waals surface area contributed by atoms with Crippen molar-refractivity contribution in [3.63, 3.8) is 0 Å². The predicted molar refractivity (Wildman–Crippen MR) is 75.8 cm³/mol. The van der Waals surface area contributed by atoms with Crippen LogP contribution in [0.3, 0.4) is 0 Å². The van der Waals surface area contributed by atoms with E-state index < -0.39 is 6.10 Å². The second kappa shape index (κ2) is 5.83. The third kappa shape index (κ3) is 2.66. The number of aliphatic hydroxyl groups excluding tert-OH is 1. The maximum atomic E-state index is 12.0. The number of ether oxygens (including phenoxy) is 1. The lowest BCUT2D eigenvalue weighted by Gasteiger charge is -2.27. The lowest BCUT2D eigenvalue weighted by Crippen LogP contribution is -2.24. The summed E-state index contributed by atoms with van der Waals surface area (Å²) in [7, 11) is 0. The molecule has 1 amide bonds. The fraction of sp³-hybridized carbons (Fsp3) is 0.562. The molecule has 4 heteroatoms. The lowest BCUT2D eigenvalue weighted by atomic mass is 9.82. The SMILES string of the molecule is O=C1NCCOc2ccc(C(O)C3CCCCC3)cc21. The zero-order valence-corrected chi connectivity index (χ0v) is 11.6. The zero-order chi connectivity index (χ0) is 13.9. The minimum absolute atomic E-state index is 0.116. The molecule has 0 spiro atoms. The highest BCUT2D eigenvalue weighted by atomic mass is 16.5. The molecule has 2 N–H and O–H groups in total. The van der Waals surface area contributed by atoms with E-state index >= 15 is 0 Å². The van der Waals surface area contributed by atoms with Gasteiger partial charge in [-0.1, -0.05) is 25.3 Å². The Bertz CT molecular complexity index is 494. The summed E-state index contributed by atoms with van der Waals surface area (Å²) in [4.78, 5) is 12.0. The number of rotatable bonds is 2. The summed E-state index contributed by atoms with van der Waals surface area (Å²) in [5, 5.41) is 13.3. The van der Waals surface area contributed by atoms with Gasteiger partial charge < -0.3 is 15.2 Å². The van der Waals surface area contributed by atoms with Gasteiger partial charge >= 0.3 is 0 Å². The Morgan fingerprint density at radius 1 is 1.25 bits per heavy atom. The summed E-state index contributed by atoms with van der Waals surface area (Å²) in [5.74, 6) is 0.811. The number of aliphatic hydroxyl groups is 1. The van der Waals surface area contributed by atoms with E-state index in [1.807, 2.05) is 12.1 Å². The summed E-state index contributed by atoms with van der Waals surface area (Å²) in [6.45, 7) is 1.01. The van der Waals surface area contributed by atoms with Gasteiger partial charge in [-0.05, 0) is 36.5 Å². The Morgan fingerprint density at radius 3 is 2.85 bits per heavy atom. The molecule has 1 aromatic carbocycles. The van der Waals surface area contributed by atoms with Gasteiger partial charge in [0.1, 0.15) is 12.4 Å². The molecule has 1 atom stereocenters. The van der Waals surface area contributed by atoms with Crippen LogP contribution in [0.25, 0.3) is 0 Å². The molecular weight excluding hydrogens is 254 g/mol. The Labute approximate surface area is 119 Å². The standard InChI is InChI=1S/C16H21NO3/c18-15(11-4-2-1-3-5-11)12-6-7-14-13(10-12)16(19)17-8-9-20-14/h6-7,10-11,15,18H,1-5,8-9H2,(H,17,19). The third-order valence-electron chi connectivity index (χ3n) is 4.33. The van der Waals surface area contributed by atoms with Gasteiger partial charge in [-0.15, -0.1) is 0 Å². The zero-order valence-electron chi connectivity index (χ0n) is 11.6. The van der Waals surface area contributed by atoms with Crippen molar-refractivity contribution in [1.82, 2.24) is 5.32 Å². The first kappa shape index (κ1) is 13.4. The van der Waals surface area contributed by atoms with Gasteiger partial charge in [-0.25, -0.2) is 0 Å². The highest BCUT2D eigenvalue weighted by molar-refractivity contribution is 5.97. The number of hydrogen-bond donors (Lipinski definition) is 2. The van der Waals surface area contributed by atoms with Crippen molar-refractivity contribution >= 4 is 5.91 Å². The molecule has 2 aliphatic rings. The van der Waals surface area contributed by atoms with Gasteiger partial charge in [-0.2, -0.15) is 0 Å². The molecule has 0 radical (unpaired) electrons. The maximum Gasteiger partial charge on any atom is 0.255 e. The molecule has 0 bridgehead atoms. The van der Waals surface area contributed by atoms with Crippen LogP contribution < -0.4 is 10.1 Å². The molecule has 1 aliphatic carbocycles. The summed E-state index contributed by atoms with van der Waals surface area (Å²) in [5.41, 5.74) is 1.37. The quantitative estimate of drug-likeness (QED) is 0.871. The largest absolute Gasteiger partial charge is 0.491 e. The highest BCUT2D eigenvalue weighted by Gasteiger charge is 2.25. The minimum Gasteiger partial charge on any atom is -0.491 e. The van der Waals surface area contributed by atoms with Crippen molar-refractivity contribution in [1.29, 1.82) is 0 Å². The Balaban J connectivity index is 1.85. The Kier molecular flexibility index (Phi) is 3.92. The molecular formula is C16H21NO3. The number of fused-ring (bicyclic) bond motifs is 1. The second-order valence-electron chi connectivity index (χ2n) is 5.70. The highest BCUT2D eigenvalue weighted by Crippen LogP contribution is 2.35. The van der Waals surface area contributed by atoms with Crippen LogP contribution in [-0.4, -0.2) is 24.2 Å². The second-order valence-corrected chi connectivity index (χ2v) is 5.70. The summed E-state index contributed by atoms with van der Waals surface area (Å²) in [6, 6.07) is 5.48. The predicted octanol–water partition coefficient (Wildman–Crippen LogP) is 2.42. The normalized spacial score (nSPS) is 21.4. The van der Waals surface area contributed by atoms with Gasteiger partial charge in [0.05, 0.1) is 18.2 Å². The first-order valence-electron chi connectivity index (χ1n) is 7.49. The number of carbonyl (C=O) groups is 1. The van der Waals surface area contributed by atoms with Gasteiger partial charge in [-0.3, -0.25) is 4.79 Å². The molecule has 4 nitrogen and oxygen atoms in total. The van der Waals surface area contributed by atoms with Crippen molar-refractivity contribution < 1.29 is 14.6 Å². The number of carbonyl (C=O) groups excluding carboxylic acids is 1. The van der Waals surface area contributed by atoms with E-state index in [4.69, 9.17) is 4.74 Å². The third-order valence-corrected chi connectivity index (χ3v) is 4.33. The van der Waals surface area contributed by atoms with Crippen LogP contribution in [0.1, 0.15) is 54.1 Å². The summed E-state index contributed by atoms with van der Waals surface area (Å²) >= 11 is 0. The summed E-state index contributed by atoms with van der Waals surface area (Å²) < 4.78 is 5.53. The van der Waals surface area contributed by atoms with Crippen LogP contribution in [0.5, 0.6) is 5.75 Å². The van der Waals surface area contributed by atoms with E-state index in [1.165, 1.54) is 19.3 Å². The average Bonchev–Trinajstić information content (AvgIpc) is 2.69. The van der Waals surface area contributed by atoms with Crippen LogP contribution in [-0.2, 0) is 0 Å². The average molecular weight is 275 g/mol. The maximum absolute atomic E-state index is 12.0. The van der Waals surface area contributed by atoms with Crippen molar-refractivity contribution in [3.8, 4) is 5.75 Å². The lowest BCUT2D eigenvalue weighted by molar-refractivity contribution is 0.0845. The first-order chi connectivity index (χ1) is 9.75. The van der Waals surface area contributed by atoms with Gasteiger partial charge in [0.25, 0.3) is 5.91 Å². The number of hydrogen-bond acceptors (Lipinski definition) is 3. The fourth-order valence-electron chi connectivity index (χ4n) is 3.18. The van der Waals surface area contributed by atoms with Gasteiger partial charge in [0.15, 0.2) is 0 Å². The molecule has 1 aromatic rings. The minimum atomic E-state index is -0.475. The molecule has 108 valence electrons. The Hall–Kier alpha value is -1.55. The van der Waals surface area contributed by atoms with E-state index in [9.17, 15) is 9.90 Å². The fourth-order valence-corrected chi connectivity index (χ4v) is 3.18. The van der Waals surface area contributed by atoms with Crippen LogP contribution in [0.4, 0.5) is 0 Å². The molecule has 20 heavy (non-hydrogen) atoms. The molecule has 1 saturated carbocycles. The van der Waals surface area contributed by atoms with E-state index in [-0.39, 0.29) is 5.91 Å². The van der Waals surface area contributed by atoms with E-state index in [1.54, 1.807) is 6.07 Å². The molecule has 1 aliphatic heterocycles.